The van der Waals surface area contributed by atoms with Gasteiger partial charge in [-0.1, -0.05) is 22.0 Å². The van der Waals surface area contributed by atoms with Gasteiger partial charge in [-0.05, 0) is 42.5 Å². The molecule has 3 aromatic rings. The number of carbonyl (C=O) groups excluding carboxylic acids is 1. The maximum atomic E-state index is 12.6. The van der Waals surface area contributed by atoms with Crippen LogP contribution in [0.2, 0.25) is 0 Å². The van der Waals surface area contributed by atoms with Crippen molar-refractivity contribution in [2.45, 2.75) is 0 Å². The van der Waals surface area contributed by atoms with Gasteiger partial charge in [0, 0.05) is 28.1 Å². The van der Waals surface area contributed by atoms with Gasteiger partial charge in [-0.2, -0.15) is 0 Å². The van der Waals surface area contributed by atoms with E-state index in [0.717, 1.165) is 4.47 Å². The van der Waals surface area contributed by atoms with Crippen molar-refractivity contribution in [1.82, 2.24) is 9.55 Å². The summed E-state index contributed by atoms with van der Waals surface area (Å²) in [5.74, 6) is 0.0799. The summed E-state index contributed by atoms with van der Waals surface area (Å²) >= 11 is 3.35. The molecule has 0 spiro atoms. The third-order valence-electron chi connectivity index (χ3n) is 3.51. The van der Waals surface area contributed by atoms with E-state index < -0.39 is 11.5 Å². The largest absolute Gasteiger partial charge is 0.497 e. The van der Waals surface area contributed by atoms with Crippen LogP contribution in [0.1, 0.15) is 10.4 Å². The molecule has 6 nitrogen and oxygen atoms in total. The van der Waals surface area contributed by atoms with E-state index in [9.17, 15) is 9.59 Å². The van der Waals surface area contributed by atoms with Gasteiger partial charge in [-0.3, -0.25) is 14.2 Å². The van der Waals surface area contributed by atoms with Gasteiger partial charge in [0.15, 0.2) is 5.82 Å². The molecule has 1 heterocycles. The quantitative estimate of drug-likeness (QED) is 0.730. The normalized spacial score (nSPS) is 10.3. The van der Waals surface area contributed by atoms with Crippen LogP contribution in [0.15, 0.2) is 70.2 Å². The Kier molecular flexibility index (Phi) is 4.95. The van der Waals surface area contributed by atoms with Crippen LogP contribution in [0, 0.1) is 0 Å². The number of aromatic nitrogens is 2. The van der Waals surface area contributed by atoms with Crippen LogP contribution in [0.25, 0.3) is 5.69 Å². The summed E-state index contributed by atoms with van der Waals surface area (Å²) in [5.41, 5.74) is 0.633. The summed E-state index contributed by atoms with van der Waals surface area (Å²) in [6, 6.07) is 13.9. The molecule has 126 valence electrons. The molecule has 0 fully saturated rings. The van der Waals surface area contributed by atoms with E-state index >= 15 is 0 Å². The predicted molar refractivity (Wildman–Crippen MR) is 98.5 cm³/mol. The van der Waals surface area contributed by atoms with Gasteiger partial charge in [0.05, 0.1) is 7.11 Å². The van der Waals surface area contributed by atoms with Gasteiger partial charge in [0.1, 0.15) is 5.75 Å². The lowest BCUT2D eigenvalue weighted by atomic mass is 10.2. The van der Waals surface area contributed by atoms with Crippen LogP contribution < -0.4 is 15.6 Å². The Labute approximate surface area is 152 Å². The zero-order valence-corrected chi connectivity index (χ0v) is 14.9. The Morgan fingerprint density at radius 3 is 2.68 bits per heavy atom. The molecule has 0 saturated carbocycles. The number of benzene rings is 2. The average molecular weight is 400 g/mol. The molecule has 0 bridgehead atoms. The third kappa shape index (κ3) is 3.77. The van der Waals surface area contributed by atoms with E-state index in [4.69, 9.17) is 4.74 Å². The third-order valence-corrected chi connectivity index (χ3v) is 4.04. The molecule has 0 aliphatic heterocycles. The fourth-order valence-electron chi connectivity index (χ4n) is 2.25. The molecular weight excluding hydrogens is 386 g/mol. The highest BCUT2D eigenvalue weighted by Gasteiger charge is 2.12. The van der Waals surface area contributed by atoms with Crippen LogP contribution in [0.5, 0.6) is 5.75 Å². The van der Waals surface area contributed by atoms with Gasteiger partial charge in [0.2, 0.25) is 0 Å². The Balaban J connectivity index is 1.90. The molecule has 25 heavy (non-hydrogen) atoms. The fraction of sp³-hybridized carbons (Fsp3) is 0.0556. The van der Waals surface area contributed by atoms with Crippen molar-refractivity contribution in [2.75, 3.05) is 12.4 Å². The zero-order valence-electron chi connectivity index (χ0n) is 13.3. The SMILES string of the molecule is COc1cccc(C(=O)Nc2nccn(-c3ccc(Br)cc3)c2=O)c1. The number of ether oxygens (including phenoxy) is 1. The lowest BCUT2D eigenvalue weighted by Crippen LogP contribution is -2.26. The first kappa shape index (κ1) is 16.9. The molecule has 0 atom stereocenters. The van der Waals surface area contributed by atoms with Crippen molar-refractivity contribution in [1.29, 1.82) is 0 Å². The van der Waals surface area contributed by atoms with Gasteiger partial charge in [0.25, 0.3) is 11.5 Å². The number of anilines is 1. The lowest BCUT2D eigenvalue weighted by molar-refractivity contribution is 0.102. The number of rotatable bonds is 4. The van der Waals surface area contributed by atoms with E-state index in [2.05, 4.69) is 26.2 Å². The number of amides is 1. The van der Waals surface area contributed by atoms with Gasteiger partial charge < -0.3 is 10.1 Å². The average Bonchev–Trinajstić information content (AvgIpc) is 2.64. The van der Waals surface area contributed by atoms with Crippen LogP contribution >= 0.6 is 15.9 Å². The van der Waals surface area contributed by atoms with E-state index in [-0.39, 0.29) is 5.82 Å². The van der Waals surface area contributed by atoms with Crippen LogP contribution in [0.3, 0.4) is 0 Å². The summed E-state index contributed by atoms with van der Waals surface area (Å²) in [5, 5.41) is 2.55. The number of halogens is 1. The number of nitrogens with one attached hydrogen (secondary N) is 1. The maximum Gasteiger partial charge on any atom is 0.298 e. The van der Waals surface area contributed by atoms with Crippen molar-refractivity contribution in [3.8, 4) is 11.4 Å². The van der Waals surface area contributed by atoms with Crippen molar-refractivity contribution in [2.24, 2.45) is 0 Å². The molecule has 1 aromatic heterocycles. The first-order chi connectivity index (χ1) is 12.1. The maximum absolute atomic E-state index is 12.6. The Morgan fingerprint density at radius 2 is 1.96 bits per heavy atom. The number of carbonyl (C=O) groups is 1. The molecule has 0 aliphatic rings. The highest BCUT2D eigenvalue weighted by molar-refractivity contribution is 9.10. The lowest BCUT2D eigenvalue weighted by Gasteiger charge is -2.09. The fourth-order valence-corrected chi connectivity index (χ4v) is 2.51. The van der Waals surface area contributed by atoms with Gasteiger partial charge >= 0.3 is 0 Å². The van der Waals surface area contributed by atoms with E-state index in [1.807, 2.05) is 12.1 Å². The van der Waals surface area contributed by atoms with Crippen molar-refractivity contribution < 1.29 is 9.53 Å². The highest BCUT2D eigenvalue weighted by Crippen LogP contribution is 2.15. The summed E-state index contributed by atoms with van der Waals surface area (Å²) in [4.78, 5) is 28.9. The van der Waals surface area contributed by atoms with Crippen LogP contribution in [0.4, 0.5) is 5.82 Å². The zero-order chi connectivity index (χ0) is 17.8. The Bertz CT molecular complexity index is 968. The molecule has 0 radical (unpaired) electrons. The number of hydrogen-bond acceptors (Lipinski definition) is 4. The topological polar surface area (TPSA) is 73.2 Å². The second-order valence-electron chi connectivity index (χ2n) is 5.11. The minimum absolute atomic E-state index is 0.0433. The highest BCUT2D eigenvalue weighted by atomic mass is 79.9. The molecular formula is C18H14BrN3O3. The van der Waals surface area contributed by atoms with Crippen molar-refractivity contribution >= 4 is 27.7 Å². The number of nitrogens with zero attached hydrogens (tertiary/aromatic N) is 2. The monoisotopic (exact) mass is 399 g/mol. The molecule has 0 aliphatic carbocycles. The van der Waals surface area contributed by atoms with Crippen molar-refractivity contribution in [3.05, 3.63) is 81.3 Å². The second-order valence-corrected chi connectivity index (χ2v) is 6.03. The van der Waals surface area contributed by atoms with E-state index in [1.165, 1.54) is 17.9 Å². The predicted octanol–water partition coefficient (Wildman–Crippen LogP) is 3.26. The van der Waals surface area contributed by atoms with Gasteiger partial charge in [-0.15, -0.1) is 0 Å². The Hall–Kier alpha value is -2.93. The first-order valence-corrected chi connectivity index (χ1v) is 8.17. The minimum Gasteiger partial charge on any atom is -0.497 e. The number of methoxy groups -OCH3 is 1. The summed E-state index contributed by atoms with van der Waals surface area (Å²) < 4.78 is 7.42. The minimum atomic E-state index is -0.433. The molecule has 1 N–H and O–H groups in total. The van der Waals surface area contributed by atoms with E-state index in [1.54, 1.807) is 42.6 Å². The van der Waals surface area contributed by atoms with Crippen molar-refractivity contribution in [3.63, 3.8) is 0 Å². The summed E-state index contributed by atoms with van der Waals surface area (Å²) in [6.45, 7) is 0. The Morgan fingerprint density at radius 1 is 1.20 bits per heavy atom. The summed E-state index contributed by atoms with van der Waals surface area (Å²) in [6.07, 6.45) is 3.01. The molecule has 1 amide bonds. The molecule has 0 unspecified atom stereocenters. The van der Waals surface area contributed by atoms with E-state index in [0.29, 0.717) is 17.0 Å². The molecule has 2 aromatic carbocycles. The summed E-state index contributed by atoms with van der Waals surface area (Å²) in [7, 11) is 1.52. The van der Waals surface area contributed by atoms with Crippen LogP contribution in [-0.2, 0) is 0 Å². The molecule has 0 saturated heterocycles. The number of hydrogen-bond donors (Lipinski definition) is 1. The first-order valence-electron chi connectivity index (χ1n) is 7.37. The second kappa shape index (κ2) is 7.31. The van der Waals surface area contributed by atoms with Gasteiger partial charge in [-0.25, -0.2) is 4.98 Å². The molecule has 3 rings (SSSR count). The van der Waals surface area contributed by atoms with Crippen LogP contribution in [-0.4, -0.2) is 22.6 Å². The smallest absolute Gasteiger partial charge is 0.298 e. The molecule has 7 heteroatoms. The standard InChI is InChI=1S/C18H14BrN3O3/c1-25-15-4-2-3-12(11-15)17(23)21-16-18(24)22(10-9-20-16)14-7-5-13(19)6-8-14/h2-11H,1H3,(H,20,21,23).